The SMILES string of the molecule is CC[C@@H](Nc1cc2oc3ccccc3c2cc1OC)C(=O)OC. The first-order valence-electron chi connectivity index (χ1n) is 7.51. The predicted octanol–water partition coefficient (Wildman–Crippen LogP) is 3.96. The van der Waals surface area contributed by atoms with Crippen molar-refractivity contribution in [1.82, 2.24) is 0 Å². The summed E-state index contributed by atoms with van der Waals surface area (Å²) in [6.45, 7) is 1.92. The van der Waals surface area contributed by atoms with E-state index >= 15 is 0 Å². The van der Waals surface area contributed by atoms with Gasteiger partial charge in [0, 0.05) is 16.8 Å². The van der Waals surface area contributed by atoms with Gasteiger partial charge in [-0.05, 0) is 18.6 Å². The van der Waals surface area contributed by atoms with Crippen molar-refractivity contribution < 1.29 is 18.7 Å². The van der Waals surface area contributed by atoms with Crippen LogP contribution in [-0.4, -0.2) is 26.2 Å². The molecule has 0 aliphatic carbocycles. The predicted molar refractivity (Wildman–Crippen MR) is 90.0 cm³/mol. The molecule has 0 amide bonds. The Bertz CT molecular complexity index is 853. The van der Waals surface area contributed by atoms with Crippen molar-refractivity contribution >= 4 is 33.6 Å². The van der Waals surface area contributed by atoms with Crippen LogP contribution in [0.25, 0.3) is 21.9 Å². The highest BCUT2D eigenvalue weighted by atomic mass is 16.5. The molecule has 0 radical (unpaired) electrons. The van der Waals surface area contributed by atoms with Gasteiger partial charge in [0.25, 0.3) is 0 Å². The molecular weight excluding hydrogens is 294 g/mol. The first-order chi connectivity index (χ1) is 11.2. The largest absolute Gasteiger partial charge is 0.495 e. The highest BCUT2D eigenvalue weighted by Gasteiger charge is 2.20. The number of rotatable bonds is 5. The Balaban J connectivity index is 2.09. The molecule has 120 valence electrons. The number of benzene rings is 2. The van der Waals surface area contributed by atoms with Crippen LogP contribution in [0.5, 0.6) is 5.75 Å². The zero-order valence-electron chi connectivity index (χ0n) is 13.4. The van der Waals surface area contributed by atoms with E-state index in [0.717, 1.165) is 21.9 Å². The summed E-state index contributed by atoms with van der Waals surface area (Å²) in [6.07, 6.45) is 0.605. The standard InChI is InChI=1S/C18H19NO4/c1-4-13(18(20)22-3)19-14-10-16-12(9-17(14)21-2)11-7-5-6-8-15(11)23-16/h5-10,13,19H,4H2,1-3H3/t13-/m1/s1. The number of furan rings is 1. The van der Waals surface area contributed by atoms with Crippen LogP contribution in [0.1, 0.15) is 13.3 Å². The van der Waals surface area contributed by atoms with Crippen LogP contribution in [0, 0.1) is 0 Å². The zero-order valence-corrected chi connectivity index (χ0v) is 13.4. The van der Waals surface area contributed by atoms with E-state index in [9.17, 15) is 4.79 Å². The van der Waals surface area contributed by atoms with Gasteiger partial charge >= 0.3 is 5.97 Å². The number of ether oxygens (including phenoxy) is 2. The molecule has 0 bridgehead atoms. The fraction of sp³-hybridized carbons (Fsp3) is 0.278. The molecule has 0 fully saturated rings. The molecule has 0 unspecified atom stereocenters. The van der Waals surface area contributed by atoms with Crippen molar-refractivity contribution in [2.24, 2.45) is 0 Å². The third kappa shape index (κ3) is 2.70. The van der Waals surface area contributed by atoms with E-state index < -0.39 is 6.04 Å². The number of nitrogens with one attached hydrogen (secondary N) is 1. The number of para-hydroxylation sites is 1. The molecule has 1 heterocycles. The Morgan fingerprint density at radius 1 is 1.17 bits per heavy atom. The summed E-state index contributed by atoms with van der Waals surface area (Å²) >= 11 is 0. The number of esters is 1. The average molecular weight is 313 g/mol. The van der Waals surface area contributed by atoms with Gasteiger partial charge in [0.2, 0.25) is 0 Å². The number of hydrogen-bond donors (Lipinski definition) is 1. The average Bonchev–Trinajstić information content (AvgIpc) is 2.95. The van der Waals surface area contributed by atoms with E-state index in [4.69, 9.17) is 13.9 Å². The second-order valence-corrected chi connectivity index (χ2v) is 5.28. The quantitative estimate of drug-likeness (QED) is 0.722. The number of hydrogen-bond acceptors (Lipinski definition) is 5. The Labute approximate surface area is 134 Å². The molecule has 0 saturated carbocycles. The number of carbonyl (C=O) groups excluding carboxylic acids is 1. The first-order valence-corrected chi connectivity index (χ1v) is 7.51. The number of anilines is 1. The van der Waals surface area contributed by atoms with Crippen LogP contribution in [0.4, 0.5) is 5.69 Å². The van der Waals surface area contributed by atoms with Crippen LogP contribution in [0.3, 0.4) is 0 Å². The molecule has 0 aliphatic rings. The lowest BCUT2D eigenvalue weighted by atomic mass is 10.1. The van der Waals surface area contributed by atoms with Gasteiger partial charge in [0.1, 0.15) is 23.0 Å². The van der Waals surface area contributed by atoms with Crippen LogP contribution in [-0.2, 0) is 9.53 Å². The van der Waals surface area contributed by atoms with E-state index in [2.05, 4.69) is 5.32 Å². The van der Waals surface area contributed by atoms with Gasteiger partial charge in [0.05, 0.1) is 19.9 Å². The summed E-state index contributed by atoms with van der Waals surface area (Å²) in [6, 6.07) is 11.2. The minimum atomic E-state index is -0.435. The summed E-state index contributed by atoms with van der Waals surface area (Å²) in [4.78, 5) is 11.8. The van der Waals surface area contributed by atoms with Crippen molar-refractivity contribution in [1.29, 1.82) is 0 Å². The first kappa shape index (κ1) is 15.2. The molecule has 23 heavy (non-hydrogen) atoms. The zero-order chi connectivity index (χ0) is 16.4. The van der Waals surface area contributed by atoms with Gasteiger partial charge in [-0.2, -0.15) is 0 Å². The lowest BCUT2D eigenvalue weighted by Gasteiger charge is -2.17. The summed E-state index contributed by atoms with van der Waals surface area (Å²) in [5, 5.41) is 5.19. The Morgan fingerprint density at radius 3 is 2.65 bits per heavy atom. The van der Waals surface area contributed by atoms with Crippen LogP contribution >= 0.6 is 0 Å². The lowest BCUT2D eigenvalue weighted by molar-refractivity contribution is -0.141. The van der Waals surface area contributed by atoms with Gasteiger partial charge in [-0.1, -0.05) is 25.1 Å². The van der Waals surface area contributed by atoms with E-state index in [-0.39, 0.29) is 5.97 Å². The maximum absolute atomic E-state index is 11.8. The van der Waals surface area contributed by atoms with Gasteiger partial charge in [-0.25, -0.2) is 4.79 Å². The van der Waals surface area contributed by atoms with E-state index in [1.807, 2.05) is 43.3 Å². The fourth-order valence-electron chi connectivity index (χ4n) is 2.69. The van der Waals surface area contributed by atoms with Crippen LogP contribution in [0.2, 0.25) is 0 Å². The lowest BCUT2D eigenvalue weighted by Crippen LogP contribution is -2.29. The summed E-state index contributed by atoms with van der Waals surface area (Å²) in [7, 11) is 2.99. The van der Waals surface area contributed by atoms with Gasteiger partial charge in [-0.3, -0.25) is 0 Å². The molecule has 1 atom stereocenters. The summed E-state index contributed by atoms with van der Waals surface area (Å²) in [5.74, 6) is 0.352. The monoisotopic (exact) mass is 313 g/mol. The Hall–Kier alpha value is -2.69. The van der Waals surface area contributed by atoms with E-state index in [0.29, 0.717) is 17.9 Å². The molecule has 3 aromatic rings. The Morgan fingerprint density at radius 2 is 1.96 bits per heavy atom. The normalized spacial score (nSPS) is 12.3. The number of methoxy groups -OCH3 is 2. The van der Waals surface area contributed by atoms with Gasteiger partial charge in [-0.15, -0.1) is 0 Å². The van der Waals surface area contributed by atoms with Gasteiger partial charge in [0.15, 0.2) is 0 Å². The smallest absolute Gasteiger partial charge is 0.328 e. The highest BCUT2D eigenvalue weighted by Crippen LogP contribution is 2.36. The molecule has 2 aromatic carbocycles. The second-order valence-electron chi connectivity index (χ2n) is 5.28. The molecule has 5 heteroatoms. The maximum Gasteiger partial charge on any atom is 0.328 e. The molecule has 0 saturated heterocycles. The van der Waals surface area contributed by atoms with Crippen molar-refractivity contribution in [3.8, 4) is 5.75 Å². The summed E-state index contributed by atoms with van der Waals surface area (Å²) < 4.78 is 16.2. The molecule has 0 aliphatic heterocycles. The summed E-state index contributed by atoms with van der Waals surface area (Å²) in [5.41, 5.74) is 2.27. The molecular formula is C18H19NO4. The number of fused-ring (bicyclic) bond motifs is 3. The number of carbonyl (C=O) groups is 1. The Kier molecular flexibility index (Phi) is 4.10. The van der Waals surface area contributed by atoms with Crippen molar-refractivity contribution in [3.63, 3.8) is 0 Å². The van der Waals surface area contributed by atoms with Crippen molar-refractivity contribution in [3.05, 3.63) is 36.4 Å². The second kappa shape index (κ2) is 6.20. The third-order valence-corrected chi connectivity index (χ3v) is 3.92. The van der Waals surface area contributed by atoms with Crippen molar-refractivity contribution in [2.45, 2.75) is 19.4 Å². The van der Waals surface area contributed by atoms with Crippen LogP contribution in [0.15, 0.2) is 40.8 Å². The molecule has 3 rings (SSSR count). The molecule has 1 aromatic heterocycles. The van der Waals surface area contributed by atoms with E-state index in [1.54, 1.807) is 7.11 Å². The van der Waals surface area contributed by atoms with E-state index in [1.165, 1.54) is 7.11 Å². The maximum atomic E-state index is 11.8. The topological polar surface area (TPSA) is 60.7 Å². The minimum absolute atomic E-state index is 0.306. The van der Waals surface area contributed by atoms with Crippen LogP contribution < -0.4 is 10.1 Å². The fourth-order valence-corrected chi connectivity index (χ4v) is 2.69. The molecule has 5 nitrogen and oxygen atoms in total. The van der Waals surface area contributed by atoms with Gasteiger partial charge < -0.3 is 19.2 Å². The highest BCUT2D eigenvalue weighted by molar-refractivity contribution is 6.06. The van der Waals surface area contributed by atoms with Crippen molar-refractivity contribution in [2.75, 3.05) is 19.5 Å². The molecule has 0 spiro atoms. The minimum Gasteiger partial charge on any atom is -0.495 e. The third-order valence-electron chi connectivity index (χ3n) is 3.92. The molecule has 1 N–H and O–H groups in total.